The molecule has 0 saturated carbocycles. The molecule has 5 nitrogen and oxygen atoms in total. The molecular weight excluding hydrogens is 228 g/mol. The lowest BCUT2D eigenvalue weighted by Crippen LogP contribution is -2.16. The largest absolute Gasteiger partial charge is 0.391 e. The molecule has 1 aromatic heterocycles. The highest BCUT2D eigenvalue weighted by atomic mass is 16.3. The molecular formula is C13H14N4O. The average Bonchev–Trinajstić information content (AvgIpc) is 2.86. The van der Waals surface area contributed by atoms with Gasteiger partial charge in [0, 0.05) is 5.56 Å². The summed E-state index contributed by atoms with van der Waals surface area (Å²) in [6.45, 7) is 2.34. The molecule has 92 valence electrons. The molecule has 0 aliphatic heterocycles. The number of nitrogens with zero attached hydrogens (tertiary/aromatic N) is 4. The Balaban J connectivity index is 2.27. The van der Waals surface area contributed by atoms with Gasteiger partial charge in [-0.15, -0.1) is 0 Å². The minimum Gasteiger partial charge on any atom is -0.391 e. The van der Waals surface area contributed by atoms with Gasteiger partial charge in [0.25, 0.3) is 0 Å². The zero-order valence-electron chi connectivity index (χ0n) is 10.1. The van der Waals surface area contributed by atoms with E-state index in [-0.39, 0.29) is 0 Å². The second kappa shape index (κ2) is 5.43. The van der Waals surface area contributed by atoms with E-state index >= 15 is 0 Å². The minimum absolute atomic E-state index is 0.422. The second-order valence-electron chi connectivity index (χ2n) is 4.02. The molecule has 1 N–H and O–H groups in total. The van der Waals surface area contributed by atoms with Crippen molar-refractivity contribution in [1.29, 1.82) is 5.26 Å². The standard InChI is InChI=1S/C13H14N4O/c1-2-12(18)8-17-13(15-9-16-17)11-5-3-10(7-14)4-6-11/h3-6,9,12,18H,2,8H2,1H3/t12-/m1/s1. The second-order valence-corrected chi connectivity index (χ2v) is 4.02. The molecule has 18 heavy (non-hydrogen) atoms. The molecule has 1 atom stereocenters. The SMILES string of the molecule is CC[C@@H](O)Cn1ncnc1-c1ccc(C#N)cc1. The number of aliphatic hydroxyl groups excluding tert-OH is 1. The van der Waals surface area contributed by atoms with Crippen molar-refractivity contribution in [2.24, 2.45) is 0 Å². The zero-order chi connectivity index (χ0) is 13.0. The van der Waals surface area contributed by atoms with Crippen LogP contribution in [0.2, 0.25) is 0 Å². The Kier molecular flexibility index (Phi) is 3.70. The molecule has 0 unspecified atom stereocenters. The van der Waals surface area contributed by atoms with Gasteiger partial charge in [-0.2, -0.15) is 10.4 Å². The van der Waals surface area contributed by atoms with E-state index in [2.05, 4.69) is 16.2 Å². The van der Waals surface area contributed by atoms with Crippen LogP contribution in [0.25, 0.3) is 11.4 Å². The lowest BCUT2D eigenvalue weighted by molar-refractivity contribution is 0.146. The first kappa shape index (κ1) is 12.3. The third kappa shape index (κ3) is 2.55. The van der Waals surface area contributed by atoms with Crippen molar-refractivity contribution in [3.05, 3.63) is 36.2 Å². The molecule has 0 radical (unpaired) electrons. The summed E-state index contributed by atoms with van der Waals surface area (Å²) >= 11 is 0. The maximum atomic E-state index is 9.65. The van der Waals surface area contributed by atoms with Gasteiger partial charge in [-0.1, -0.05) is 6.92 Å². The van der Waals surface area contributed by atoms with Crippen molar-refractivity contribution in [3.8, 4) is 17.5 Å². The maximum absolute atomic E-state index is 9.65. The van der Waals surface area contributed by atoms with Gasteiger partial charge in [-0.3, -0.25) is 0 Å². The van der Waals surface area contributed by atoms with Crippen LogP contribution in [0.1, 0.15) is 18.9 Å². The van der Waals surface area contributed by atoms with Crippen LogP contribution in [0.3, 0.4) is 0 Å². The lowest BCUT2D eigenvalue weighted by atomic mass is 10.1. The molecule has 0 aliphatic rings. The molecule has 0 fully saturated rings. The Morgan fingerprint density at radius 2 is 2.11 bits per heavy atom. The summed E-state index contributed by atoms with van der Waals surface area (Å²) in [5.74, 6) is 0.701. The maximum Gasteiger partial charge on any atom is 0.158 e. The van der Waals surface area contributed by atoms with E-state index < -0.39 is 6.10 Å². The first-order valence-corrected chi connectivity index (χ1v) is 5.81. The summed E-state index contributed by atoms with van der Waals surface area (Å²) in [4.78, 5) is 4.19. The van der Waals surface area contributed by atoms with E-state index in [1.165, 1.54) is 6.33 Å². The van der Waals surface area contributed by atoms with E-state index in [0.29, 0.717) is 24.4 Å². The van der Waals surface area contributed by atoms with E-state index in [1.807, 2.05) is 19.1 Å². The van der Waals surface area contributed by atoms with Crippen LogP contribution in [0, 0.1) is 11.3 Å². The Morgan fingerprint density at radius 1 is 1.39 bits per heavy atom. The predicted molar refractivity (Wildman–Crippen MR) is 66.5 cm³/mol. The molecule has 0 saturated heterocycles. The number of benzene rings is 1. The molecule has 1 aromatic carbocycles. The van der Waals surface area contributed by atoms with E-state index in [4.69, 9.17) is 5.26 Å². The third-order valence-corrected chi connectivity index (χ3v) is 2.74. The number of hydrogen-bond donors (Lipinski definition) is 1. The minimum atomic E-state index is -0.427. The van der Waals surface area contributed by atoms with Gasteiger partial charge in [-0.25, -0.2) is 9.67 Å². The highest BCUT2D eigenvalue weighted by Crippen LogP contribution is 2.17. The Hall–Kier alpha value is -2.19. The van der Waals surface area contributed by atoms with Gasteiger partial charge in [0.1, 0.15) is 6.33 Å². The fourth-order valence-electron chi connectivity index (χ4n) is 1.64. The molecule has 1 heterocycles. The van der Waals surface area contributed by atoms with E-state index in [9.17, 15) is 5.11 Å². The van der Waals surface area contributed by atoms with E-state index in [0.717, 1.165) is 5.56 Å². The summed E-state index contributed by atoms with van der Waals surface area (Å²) < 4.78 is 1.68. The lowest BCUT2D eigenvalue weighted by Gasteiger charge is -2.10. The number of aliphatic hydroxyl groups is 1. The number of nitriles is 1. The Labute approximate surface area is 105 Å². The molecule has 2 aromatic rings. The van der Waals surface area contributed by atoms with E-state index in [1.54, 1.807) is 16.8 Å². The molecule has 0 bridgehead atoms. The van der Waals surface area contributed by atoms with Gasteiger partial charge in [0.05, 0.1) is 24.3 Å². The van der Waals surface area contributed by atoms with Gasteiger partial charge >= 0.3 is 0 Å². The molecule has 5 heteroatoms. The van der Waals surface area contributed by atoms with Gasteiger partial charge in [-0.05, 0) is 30.7 Å². The molecule has 0 aliphatic carbocycles. The molecule has 0 amide bonds. The monoisotopic (exact) mass is 242 g/mol. The van der Waals surface area contributed by atoms with Crippen LogP contribution in [-0.2, 0) is 6.54 Å². The first-order valence-electron chi connectivity index (χ1n) is 5.81. The summed E-state index contributed by atoms with van der Waals surface area (Å²) in [5.41, 5.74) is 1.49. The van der Waals surface area contributed by atoms with Gasteiger partial charge in [0.2, 0.25) is 0 Å². The van der Waals surface area contributed by atoms with Gasteiger partial charge < -0.3 is 5.11 Å². The highest BCUT2D eigenvalue weighted by Gasteiger charge is 2.10. The molecule has 0 spiro atoms. The summed E-state index contributed by atoms with van der Waals surface area (Å²) in [6.07, 6.45) is 1.71. The fourth-order valence-corrected chi connectivity index (χ4v) is 1.64. The normalized spacial score (nSPS) is 12.1. The average molecular weight is 242 g/mol. The van der Waals surface area contributed by atoms with Crippen LogP contribution in [0.15, 0.2) is 30.6 Å². The number of aromatic nitrogens is 3. The highest BCUT2D eigenvalue weighted by molar-refractivity contribution is 5.56. The summed E-state index contributed by atoms with van der Waals surface area (Å²) in [7, 11) is 0. The smallest absolute Gasteiger partial charge is 0.158 e. The van der Waals surface area contributed by atoms with Crippen LogP contribution in [0.5, 0.6) is 0 Å². The first-order chi connectivity index (χ1) is 8.74. The quantitative estimate of drug-likeness (QED) is 0.883. The number of rotatable bonds is 4. The summed E-state index contributed by atoms with van der Waals surface area (Å²) in [5, 5.41) is 22.5. The van der Waals surface area contributed by atoms with Crippen LogP contribution < -0.4 is 0 Å². The van der Waals surface area contributed by atoms with Crippen molar-refractivity contribution in [2.45, 2.75) is 26.0 Å². The Bertz CT molecular complexity index is 553. The molecule has 2 rings (SSSR count). The van der Waals surface area contributed by atoms with Crippen molar-refractivity contribution < 1.29 is 5.11 Å². The Morgan fingerprint density at radius 3 is 2.72 bits per heavy atom. The topological polar surface area (TPSA) is 74.7 Å². The predicted octanol–water partition coefficient (Wildman–Crippen LogP) is 1.59. The van der Waals surface area contributed by atoms with Crippen LogP contribution in [0.4, 0.5) is 0 Å². The fraction of sp³-hybridized carbons (Fsp3) is 0.308. The summed E-state index contributed by atoms with van der Waals surface area (Å²) in [6, 6.07) is 9.22. The van der Waals surface area contributed by atoms with Crippen molar-refractivity contribution in [2.75, 3.05) is 0 Å². The van der Waals surface area contributed by atoms with Crippen molar-refractivity contribution >= 4 is 0 Å². The van der Waals surface area contributed by atoms with Gasteiger partial charge in [0.15, 0.2) is 5.82 Å². The van der Waals surface area contributed by atoms with Crippen molar-refractivity contribution in [3.63, 3.8) is 0 Å². The third-order valence-electron chi connectivity index (χ3n) is 2.74. The number of hydrogen-bond acceptors (Lipinski definition) is 4. The van der Waals surface area contributed by atoms with Crippen molar-refractivity contribution in [1.82, 2.24) is 14.8 Å². The zero-order valence-corrected chi connectivity index (χ0v) is 10.1. The van der Waals surface area contributed by atoms with Crippen LogP contribution in [-0.4, -0.2) is 26.0 Å². The van der Waals surface area contributed by atoms with Crippen LogP contribution >= 0.6 is 0 Å².